The zero-order valence-corrected chi connectivity index (χ0v) is 2.99. The van der Waals surface area contributed by atoms with Crippen molar-refractivity contribution in [2.24, 2.45) is 0 Å². The van der Waals surface area contributed by atoms with Crippen LogP contribution in [0.4, 0.5) is 0 Å². The summed E-state index contributed by atoms with van der Waals surface area (Å²) in [7, 11) is 1.43. The second-order valence-electron chi connectivity index (χ2n) is 0.789. The Hall–Kier alpha value is 0.0649. The summed E-state index contributed by atoms with van der Waals surface area (Å²) in [6, 6.07) is 0. The van der Waals surface area contributed by atoms with E-state index in [0.29, 0.717) is 0 Å². The molecule has 23 valence electrons. The van der Waals surface area contributed by atoms with E-state index in [1.807, 2.05) is 0 Å². The first-order valence-corrected chi connectivity index (χ1v) is 1.62. The Morgan fingerprint density at radius 3 is 3.00 bits per heavy atom. The average Bonchev–Trinajstić information content (AvgIpc) is 1.41. The summed E-state index contributed by atoms with van der Waals surface area (Å²) < 4.78 is 6.48. The second-order valence-corrected chi connectivity index (χ2v) is 0.789. The second kappa shape index (κ2) is 3.06. The largest absolute Gasteiger partial charge is 0.0865 e. The van der Waals surface area contributed by atoms with Crippen molar-refractivity contribution in [3.05, 3.63) is 0 Å². The quantitative estimate of drug-likeness (QED) is 0.409. The van der Waals surface area contributed by atoms with E-state index in [2.05, 4.69) is 6.92 Å². The van der Waals surface area contributed by atoms with Crippen molar-refractivity contribution in [2.45, 2.75) is 19.7 Å². The molecule has 0 heterocycles. The van der Waals surface area contributed by atoms with E-state index in [9.17, 15) is 0 Å². The van der Waals surface area contributed by atoms with Crippen LogP contribution in [0.25, 0.3) is 0 Å². The van der Waals surface area contributed by atoms with Crippen LogP contribution in [0.2, 0.25) is 6.32 Å². The van der Waals surface area contributed by atoms with Crippen molar-refractivity contribution in [1.29, 1.82) is 1.34 Å². The van der Waals surface area contributed by atoms with Crippen LogP contribution in [0.5, 0.6) is 0 Å². The van der Waals surface area contributed by atoms with Crippen LogP contribution in [-0.4, -0.2) is 9.15 Å². The van der Waals surface area contributed by atoms with Gasteiger partial charge in [0.2, 0.25) is 0 Å². The van der Waals surface area contributed by atoms with Gasteiger partial charge in [0.05, 0.1) is 7.81 Å². The van der Waals surface area contributed by atoms with Crippen molar-refractivity contribution in [3.8, 4) is 0 Å². The minimum absolute atomic E-state index is 0.931. The van der Waals surface area contributed by atoms with E-state index < -0.39 is 0 Å². The molecule has 0 aliphatic heterocycles. The Kier molecular flexibility index (Phi) is 1.77. The predicted octanol–water partition coefficient (Wildman–Crippen LogP) is 0.715. The van der Waals surface area contributed by atoms with Crippen LogP contribution >= 0.6 is 0 Å². The van der Waals surface area contributed by atoms with Gasteiger partial charge in [-0.15, -0.1) is 0 Å². The van der Waals surface area contributed by atoms with Gasteiger partial charge in [-0.25, -0.2) is 0 Å². The molecule has 0 fully saturated rings. The number of hydrogen-bond donors (Lipinski definition) is 0. The average molecular weight is 55.9 g/mol. The molecule has 0 saturated heterocycles. The van der Waals surface area contributed by atoms with Crippen LogP contribution < -0.4 is 0 Å². The summed E-state index contributed by atoms with van der Waals surface area (Å²) in [4.78, 5) is 0. The normalized spacial score (nSPS) is 9.75. The fourth-order valence-corrected chi connectivity index (χ4v) is 0. The van der Waals surface area contributed by atoms with Gasteiger partial charge in [0.25, 0.3) is 0 Å². The monoisotopic (exact) mass is 56.1 g/mol. The van der Waals surface area contributed by atoms with Gasteiger partial charge in [-0.05, 0) is 1.34 Å². The summed E-state index contributed by atoms with van der Waals surface area (Å²) in [5.41, 5.74) is 0. The zero-order chi connectivity index (χ0) is 4.12. The predicted molar refractivity (Wildman–Crippen MR) is 22.2 cm³/mol. The van der Waals surface area contributed by atoms with Gasteiger partial charge < -0.3 is 0 Å². The summed E-state index contributed by atoms with van der Waals surface area (Å²) in [5.74, 6) is 0. The lowest BCUT2D eigenvalue weighted by molar-refractivity contribution is 1.08. The van der Waals surface area contributed by atoms with Gasteiger partial charge in [0, 0.05) is 0 Å². The van der Waals surface area contributed by atoms with Crippen LogP contribution in [-0.2, 0) is 0 Å². The number of hydrogen-bond acceptors (Lipinski definition) is 0. The van der Waals surface area contributed by atoms with Gasteiger partial charge in [-0.3, -0.25) is 0 Å². The highest BCUT2D eigenvalue weighted by Gasteiger charge is 1.57. The topological polar surface area (TPSA) is 0 Å². The fraction of sp³-hybridized carbons (Fsp3) is 1.00. The minimum Gasteiger partial charge on any atom is -0.0848 e. The first-order chi connectivity index (χ1) is 2.41. The highest BCUT2D eigenvalue weighted by Crippen LogP contribution is 1.73. The van der Waals surface area contributed by atoms with E-state index in [1.165, 1.54) is 7.81 Å². The lowest BCUT2D eigenvalue weighted by atomic mass is 10.0. The summed E-state index contributed by atoms with van der Waals surface area (Å²) in [5, 5.41) is 0. The Labute approximate surface area is 30.0 Å². The molecule has 0 N–H and O–H groups in total. The first kappa shape index (κ1) is 2.31. The van der Waals surface area contributed by atoms with Gasteiger partial charge in [-0.1, -0.05) is 19.7 Å². The van der Waals surface area contributed by atoms with Crippen LogP contribution in [0, 0.1) is 0 Å². The molecule has 0 rings (SSSR count). The maximum atomic E-state index is 6.48. The van der Waals surface area contributed by atoms with Crippen molar-refractivity contribution >= 4 is 7.81 Å². The fourth-order valence-electron chi connectivity index (χ4n) is 0. The highest BCUT2D eigenvalue weighted by molar-refractivity contribution is 6.08. The molecule has 0 aliphatic rings. The molecule has 1 radical (unpaired) electrons. The molecule has 0 aromatic rings. The molecule has 0 spiro atoms. The Morgan fingerprint density at radius 2 is 3.00 bits per heavy atom. The molecule has 4 heavy (non-hydrogen) atoms. The maximum Gasteiger partial charge on any atom is 0.0865 e. The van der Waals surface area contributed by atoms with E-state index in [0.717, 1.165) is 12.7 Å². The molecule has 0 bridgehead atoms. The molecular weight excluding hydrogens is 46.8 g/mol. The molecule has 0 aliphatic carbocycles. The minimum atomic E-state index is 0.931. The molecule has 0 unspecified atom stereocenters. The molecule has 0 nitrogen and oxygen atoms in total. The number of rotatable bonds is 2. The van der Waals surface area contributed by atoms with E-state index in [1.54, 1.807) is 0 Å². The van der Waals surface area contributed by atoms with Crippen LogP contribution in [0.3, 0.4) is 0 Å². The molecule has 0 saturated carbocycles. The Balaban J connectivity index is 2.19. The smallest absolute Gasteiger partial charge is 0.0848 e. The maximum absolute atomic E-state index is 6.48. The highest BCUT2D eigenvalue weighted by atomic mass is 13.5. The Morgan fingerprint density at radius 1 is 2.25 bits per heavy atom. The van der Waals surface area contributed by atoms with Gasteiger partial charge in [0.1, 0.15) is 0 Å². The van der Waals surface area contributed by atoms with Crippen LogP contribution in [0.15, 0.2) is 0 Å². The lowest BCUT2D eigenvalue weighted by Gasteiger charge is -1.67. The first-order valence-electron chi connectivity index (χ1n) is 2.19. The third-order valence-electron chi connectivity index (χ3n) is 0.289. The molecule has 1 heteroatoms. The third-order valence-corrected chi connectivity index (χ3v) is 0.289. The van der Waals surface area contributed by atoms with E-state index >= 15 is 0 Å². The van der Waals surface area contributed by atoms with E-state index in [-0.39, 0.29) is 0 Å². The molecule has 0 aromatic carbocycles. The lowest BCUT2D eigenvalue weighted by Crippen LogP contribution is -1.55. The Bertz CT molecular complexity index is 14.4. The molecule has 0 aromatic heterocycles. The van der Waals surface area contributed by atoms with Crippen molar-refractivity contribution < 1.29 is 0 Å². The van der Waals surface area contributed by atoms with Crippen LogP contribution in [0.1, 0.15) is 13.3 Å². The van der Waals surface area contributed by atoms with Gasteiger partial charge in [-0.2, -0.15) is 0 Å². The van der Waals surface area contributed by atoms with Gasteiger partial charge >= 0.3 is 0 Å². The molecule has 0 atom stereocenters. The molecule has 0 amide bonds. The summed E-state index contributed by atoms with van der Waals surface area (Å²) in [6.45, 7) is 2.06. The summed E-state index contributed by atoms with van der Waals surface area (Å²) >= 11 is 0. The third kappa shape index (κ3) is 2.06. The van der Waals surface area contributed by atoms with Gasteiger partial charge in [0.15, 0.2) is 0 Å². The van der Waals surface area contributed by atoms with Crippen molar-refractivity contribution in [3.63, 3.8) is 0 Å². The van der Waals surface area contributed by atoms with Crippen molar-refractivity contribution in [2.75, 3.05) is 0 Å². The standard InChI is InChI=1S/C3H8B/c1-2-3-4/h4H,2-3H2,1H3/i4D. The zero-order valence-electron chi connectivity index (χ0n) is 3.99. The van der Waals surface area contributed by atoms with E-state index in [4.69, 9.17) is 1.34 Å². The summed E-state index contributed by atoms with van der Waals surface area (Å²) in [6.07, 6.45) is 2.03. The SMILES string of the molecule is [2H][B]CCC. The van der Waals surface area contributed by atoms with Crippen molar-refractivity contribution in [1.82, 2.24) is 0 Å². The molecular formula is C3H8B.